The lowest BCUT2D eigenvalue weighted by molar-refractivity contribution is -0.685. The molecule has 0 bridgehead atoms. The lowest BCUT2D eigenvalue weighted by Gasteiger charge is -2.21. The van der Waals surface area contributed by atoms with E-state index in [1.54, 1.807) is 12.1 Å². The van der Waals surface area contributed by atoms with Gasteiger partial charge in [0.1, 0.15) is 5.75 Å². The number of nitrogens with zero attached hydrogens (tertiary/aromatic N) is 3. The van der Waals surface area contributed by atoms with Crippen LogP contribution in [0.4, 0.5) is 0 Å². The maximum Gasteiger partial charge on any atom is 0.309 e. The van der Waals surface area contributed by atoms with Gasteiger partial charge >= 0.3 is 5.91 Å². The molecule has 1 atom stereocenters. The standard InChI is InChI=1S/C24H24N3O2/c1-18-12-14-26(15-13-18)17-24(28)27-23(20-8-10-21(29-2)11-9-20)16-22(25-27)19-6-4-3-5-7-19/h3-15,23H,16-17H2,1-2H3/q+1/t23-/m0/s1. The second-order valence-electron chi connectivity index (χ2n) is 7.19. The molecule has 0 unspecified atom stereocenters. The summed E-state index contributed by atoms with van der Waals surface area (Å²) in [5.41, 5.74) is 4.18. The number of aryl methyl sites for hydroxylation is 1. The van der Waals surface area contributed by atoms with Gasteiger partial charge in [0.25, 0.3) is 0 Å². The fourth-order valence-electron chi connectivity index (χ4n) is 3.50. The molecule has 0 N–H and O–H groups in total. The van der Waals surface area contributed by atoms with Crippen LogP contribution in [0.3, 0.4) is 0 Å². The third-order valence-electron chi connectivity index (χ3n) is 5.15. The summed E-state index contributed by atoms with van der Waals surface area (Å²) in [6.45, 7) is 2.28. The van der Waals surface area contributed by atoms with Gasteiger partial charge in [-0.3, -0.25) is 4.79 Å². The molecule has 0 saturated heterocycles. The zero-order valence-corrected chi connectivity index (χ0v) is 16.7. The largest absolute Gasteiger partial charge is 0.497 e. The molecule has 2 aromatic carbocycles. The van der Waals surface area contributed by atoms with E-state index in [1.165, 1.54) is 0 Å². The number of pyridine rings is 1. The van der Waals surface area contributed by atoms with Crippen LogP contribution in [0.5, 0.6) is 5.75 Å². The molecular weight excluding hydrogens is 362 g/mol. The second kappa shape index (κ2) is 8.27. The molecule has 1 aliphatic rings. The van der Waals surface area contributed by atoms with Crippen molar-refractivity contribution in [2.75, 3.05) is 7.11 Å². The van der Waals surface area contributed by atoms with Crippen molar-refractivity contribution in [3.8, 4) is 5.75 Å². The number of carbonyl (C=O) groups excluding carboxylic acids is 1. The van der Waals surface area contributed by atoms with Gasteiger partial charge in [0.05, 0.1) is 18.9 Å². The summed E-state index contributed by atoms with van der Waals surface area (Å²) in [4.78, 5) is 13.2. The van der Waals surface area contributed by atoms with Gasteiger partial charge in [-0.1, -0.05) is 42.5 Å². The molecular formula is C24H24N3O2+. The summed E-state index contributed by atoms with van der Waals surface area (Å²) >= 11 is 0. The van der Waals surface area contributed by atoms with Gasteiger partial charge in [-0.05, 0) is 35.7 Å². The van der Waals surface area contributed by atoms with Crippen molar-refractivity contribution in [3.05, 3.63) is 95.8 Å². The molecule has 3 aromatic rings. The van der Waals surface area contributed by atoms with E-state index >= 15 is 0 Å². The number of ether oxygens (including phenoxy) is 1. The SMILES string of the molecule is COc1ccc([C@@H]2CC(c3ccccc3)=NN2C(=O)C[n+]2ccc(C)cc2)cc1. The summed E-state index contributed by atoms with van der Waals surface area (Å²) in [5.74, 6) is 0.759. The van der Waals surface area contributed by atoms with E-state index in [-0.39, 0.29) is 18.5 Å². The van der Waals surface area contributed by atoms with Crippen LogP contribution in [0.25, 0.3) is 0 Å². The fraction of sp³-hybridized carbons (Fsp3) is 0.208. The molecule has 0 saturated carbocycles. The monoisotopic (exact) mass is 386 g/mol. The molecule has 1 aliphatic heterocycles. The summed E-state index contributed by atoms with van der Waals surface area (Å²) < 4.78 is 7.16. The predicted molar refractivity (Wildman–Crippen MR) is 112 cm³/mol. The molecule has 0 fully saturated rings. The quantitative estimate of drug-likeness (QED) is 0.628. The molecule has 0 aliphatic carbocycles. The first kappa shape index (κ1) is 18.9. The Balaban J connectivity index is 1.63. The molecule has 5 nitrogen and oxygen atoms in total. The number of aromatic nitrogens is 1. The first-order chi connectivity index (χ1) is 14.1. The van der Waals surface area contributed by atoms with Gasteiger partial charge in [-0.15, -0.1) is 0 Å². The molecule has 2 heterocycles. The molecule has 29 heavy (non-hydrogen) atoms. The van der Waals surface area contributed by atoms with Crippen LogP contribution in [0.15, 0.2) is 84.2 Å². The van der Waals surface area contributed by atoms with Gasteiger partial charge in [-0.2, -0.15) is 9.67 Å². The highest BCUT2D eigenvalue weighted by atomic mass is 16.5. The van der Waals surface area contributed by atoms with E-state index in [9.17, 15) is 4.79 Å². The van der Waals surface area contributed by atoms with Crippen LogP contribution in [-0.2, 0) is 11.3 Å². The Labute approximate surface area is 170 Å². The summed E-state index contributed by atoms with van der Waals surface area (Å²) in [5, 5.41) is 6.36. The van der Waals surface area contributed by atoms with Crippen molar-refractivity contribution < 1.29 is 14.1 Å². The topological polar surface area (TPSA) is 45.8 Å². The number of rotatable bonds is 5. The number of hydrogen-bond acceptors (Lipinski definition) is 3. The molecule has 0 radical (unpaired) electrons. The molecule has 0 spiro atoms. The Bertz CT molecular complexity index is 1010. The maximum absolute atomic E-state index is 13.2. The van der Waals surface area contributed by atoms with Crippen LogP contribution in [0, 0.1) is 6.92 Å². The zero-order chi connectivity index (χ0) is 20.2. The van der Waals surface area contributed by atoms with Gasteiger partial charge in [0.15, 0.2) is 12.4 Å². The normalized spacial score (nSPS) is 15.9. The molecule has 146 valence electrons. The van der Waals surface area contributed by atoms with Crippen LogP contribution >= 0.6 is 0 Å². The molecule has 5 heteroatoms. The van der Waals surface area contributed by atoms with Crippen molar-refractivity contribution in [2.24, 2.45) is 5.10 Å². The van der Waals surface area contributed by atoms with E-state index in [0.29, 0.717) is 6.42 Å². The lowest BCUT2D eigenvalue weighted by Crippen LogP contribution is -2.42. The van der Waals surface area contributed by atoms with Gasteiger partial charge in [0.2, 0.25) is 6.54 Å². The number of hydrazone groups is 1. The highest BCUT2D eigenvalue weighted by Crippen LogP contribution is 2.33. The minimum Gasteiger partial charge on any atom is -0.497 e. The summed E-state index contributed by atoms with van der Waals surface area (Å²) in [6, 6.07) is 21.8. The minimum atomic E-state index is -0.130. The molecule has 4 rings (SSSR count). The second-order valence-corrected chi connectivity index (χ2v) is 7.19. The predicted octanol–water partition coefficient (Wildman–Crippen LogP) is 3.67. The van der Waals surface area contributed by atoms with Crippen molar-refractivity contribution in [1.29, 1.82) is 0 Å². The molecule has 1 aromatic heterocycles. The smallest absolute Gasteiger partial charge is 0.309 e. The zero-order valence-electron chi connectivity index (χ0n) is 16.7. The highest BCUT2D eigenvalue weighted by Gasteiger charge is 2.34. The first-order valence-electron chi connectivity index (χ1n) is 9.68. The highest BCUT2D eigenvalue weighted by molar-refractivity contribution is 6.03. The third kappa shape index (κ3) is 4.19. The number of methoxy groups -OCH3 is 1. The Morgan fingerprint density at radius 1 is 1.07 bits per heavy atom. The number of benzene rings is 2. The number of amides is 1. The lowest BCUT2D eigenvalue weighted by atomic mass is 9.98. The number of carbonyl (C=O) groups is 1. The third-order valence-corrected chi connectivity index (χ3v) is 5.15. The van der Waals surface area contributed by atoms with Crippen LogP contribution in [0.1, 0.15) is 29.2 Å². The van der Waals surface area contributed by atoms with E-state index < -0.39 is 0 Å². The summed E-state index contributed by atoms with van der Waals surface area (Å²) in [6.07, 6.45) is 4.53. The van der Waals surface area contributed by atoms with Crippen molar-refractivity contribution in [3.63, 3.8) is 0 Å². The van der Waals surface area contributed by atoms with Gasteiger partial charge < -0.3 is 4.74 Å². The van der Waals surface area contributed by atoms with Crippen molar-refractivity contribution >= 4 is 11.6 Å². The minimum absolute atomic E-state index is 0.0365. The van der Waals surface area contributed by atoms with Crippen LogP contribution < -0.4 is 9.30 Å². The Morgan fingerprint density at radius 2 is 1.76 bits per heavy atom. The Kier molecular flexibility index (Phi) is 5.38. The van der Waals surface area contributed by atoms with E-state index in [4.69, 9.17) is 9.84 Å². The molecule has 1 amide bonds. The average Bonchev–Trinajstić information content (AvgIpc) is 3.22. The first-order valence-corrected chi connectivity index (χ1v) is 9.68. The van der Waals surface area contributed by atoms with E-state index in [2.05, 4.69) is 0 Å². The van der Waals surface area contributed by atoms with Crippen LogP contribution in [-0.4, -0.2) is 23.7 Å². The van der Waals surface area contributed by atoms with E-state index in [1.807, 2.05) is 90.6 Å². The number of hydrogen-bond donors (Lipinski definition) is 0. The van der Waals surface area contributed by atoms with Gasteiger partial charge in [0, 0.05) is 18.6 Å². The van der Waals surface area contributed by atoms with Crippen molar-refractivity contribution in [1.82, 2.24) is 5.01 Å². The van der Waals surface area contributed by atoms with E-state index in [0.717, 1.165) is 28.2 Å². The average molecular weight is 386 g/mol. The van der Waals surface area contributed by atoms with Crippen LogP contribution in [0.2, 0.25) is 0 Å². The Hall–Kier alpha value is -3.47. The fourth-order valence-corrected chi connectivity index (χ4v) is 3.50. The summed E-state index contributed by atoms with van der Waals surface area (Å²) in [7, 11) is 1.65. The Morgan fingerprint density at radius 3 is 2.41 bits per heavy atom. The maximum atomic E-state index is 13.2. The van der Waals surface area contributed by atoms with Gasteiger partial charge in [-0.25, -0.2) is 5.01 Å². The van der Waals surface area contributed by atoms with Crippen molar-refractivity contribution in [2.45, 2.75) is 25.9 Å².